The topological polar surface area (TPSA) is 72.9 Å². The van der Waals surface area contributed by atoms with E-state index in [1.54, 1.807) is 6.33 Å². The van der Waals surface area contributed by atoms with Crippen molar-refractivity contribution in [1.82, 2.24) is 14.9 Å². The second-order valence-corrected chi connectivity index (χ2v) is 8.15. The highest BCUT2D eigenvalue weighted by Gasteiger charge is 2.42. The number of nitrogens with one attached hydrogen (secondary N) is 1. The molecule has 1 aliphatic carbocycles. The molecule has 2 aromatic rings. The smallest absolute Gasteiger partial charge is 0.237 e. The van der Waals surface area contributed by atoms with Crippen LogP contribution in [0.2, 0.25) is 0 Å². The van der Waals surface area contributed by atoms with Crippen LogP contribution in [0.1, 0.15) is 44.4 Å². The lowest BCUT2D eigenvalue weighted by Gasteiger charge is -2.19. The predicted octanol–water partition coefficient (Wildman–Crippen LogP) is 2.74. The molecule has 0 unspecified atom stereocenters. The van der Waals surface area contributed by atoms with Crippen LogP contribution in [0.4, 0.5) is 0 Å². The van der Waals surface area contributed by atoms with Crippen molar-refractivity contribution in [2.75, 3.05) is 6.54 Å². The normalized spacial score (nSPS) is 16.5. The van der Waals surface area contributed by atoms with E-state index in [1.807, 2.05) is 29.0 Å². The minimum Gasteiger partial charge on any atom is -0.354 e. The van der Waals surface area contributed by atoms with E-state index >= 15 is 0 Å². The van der Waals surface area contributed by atoms with Crippen LogP contribution in [-0.4, -0.2) is 28.0 Å². The van der Waals surface area contributed by atoms with Crippen molar-refractivity contribution in [2.24, 2.45) is 17.1 Å². The standard InChI is InChI=1S/C21H30N4O/c1-16(2)11-21(8-9-21)14-23-20(26)19(22)10-18-13-25(15-24-18)12-17-6-4-3-5-7-17/h3-7,13,15-16,19H,8-12,14,22H2,1-2H3,(H,23,26)/t19-/m0/s1. The molecular weight excluding hydrogens is 324 g/mol. The number of hydrogen-bond donors (Lipinski definition) is 2. The maximum Gasteiger partial charge on any atom is 0.237 e. The van der Waals surface area contributed by atoms with E-state index in [9.17, 15) is 4.79 Å². The summed E-state index contributed by atoms with van der Waals surface area (Å²) >= 11 is 0. The van der Waals surface area contributed by atoms with Crippen LogP contribution in [-0.2, 0) is 17.8 Å². The van der Waals surface area contributed by atoms with Crippen molar-refractivity contribution >= 4 is 5.91 Å². The SMILES string of the molecule is CC(C)CC1(CNC(=O)[C@@H](N)Cc2cn(Cc3ccccc3)cn2)CC1. The van der Waals surface area contributed by atoms with E-state index in [4.69, 9.17) is 5.73 Å². The third kappa shape index (κ3) is 5.18. The molecule has 1 aromatic carbocycles. The minimum atomic E-state index is -0.551. The Labute approximate surface area is 156 Å². The van der Waals surface area contributed by atoms with E-state index in [0.717, 1.165) is 18.8 Å². The number of aromatic nitrogens is 2. The minimum absolute atomic E-state index is 0.0716. The van der Waals surface area contributed by atoms with Gasteiger partial charge in [-0.1, -0.05) is 44.2 Å². The molecule has 0 spiro atoms. The van der Waals surface area contributed by atoms with E-state index in [1.165, 1.54) is 24.8 Å². The quantitative estimate of drug-likeness (QED) is 0.727. The van der Waals surface area contributed by atoms with Gasteiger partial charge in [0.2, 0.25) is 5.91 Å². The molecule has 5 heteroatoms. The van der Waals surface area contributed by atoms with Crippen molar-refractivity contribution < 1.29 is 4.79 Å². The monoisotopic (exact) mass is 354 g/mol. The highest BCUT2D eigenvalue weighted by atomic mass is 16.2. The highest BCUT2D eigenvalue weighted by molar-refractivity contribution is 5.81. The van der Waals surface area contributed by atoms with Gasteiger partial charge < -0.3 is 15.6 Å². The maximum absolute atomic E-state index is 12.3. The fourth-order valence-electron chi connectivity index (χ4n) is 3.61. The molecule has 26 heavy (non-hydrogen) atoms. The van der Waals surface area contributed by atoms with Gasteiger partial charge in [-0.2, -0.15) is 0 Å². The average Bonchev–Trinajstić information content (AvgIpc) is 3.23. The number of amides is 1. The Kier molecular flexibility index (Phi) is 5.77. The Hall–Kier alpha value is -2.14. The van der Waals surface area contributed by atoms with Crippen LogP contribution in [0.3, 0.4) is 0 Å². The number of hydrogen-bond acceptors (Lipinski definition) is 3. The largest absolute Gasteiger partial charge is 0.354 e. The van der Waals surface area contributed by atoms with Crippen molar-refractivity contribution in [2.45, 2.75) is 52.1 Å². The first kappa shape index (κ1) is 18.6. The molecular formula is C21H30N4O. The fourth-order valence-corrected chi connectivity index (χ4v) is 3.61. The zero-order valence-corrected chi connectivity index (χ0v) is 15.8. The third-order valence-corrected chi connectivity index (χ3v) is 5.10. The number of rotatable bonds is 9. The maximum atomic E-state index is 12.3. The summed E-state index contributed by atoms with van der Waals surface area (Å²) in [5.41, 5.74) is 8.50. The molecule has 1 heterocycles. The van der Waals surface area contributed by atoms with Crippen molar-refractivity contribution in [1.29, 1.82) is 0 Å². The van der Waals surface area contributed by atoms with E-state index in [-0.39, 0.29) is 5.91 Å². The molecule has 1 aromatic heterocycles. The molecule has 140 valence electrons. The van der Waals surface area contributed by atoms with Crippen LogP contribution in [0.25, 0.3) is 0 Å². The van der Waals surface area contributed by atoms with Crippen LogP contribution >= 0.6 is 0 Å². The number of nitrogens with two attached hydrogens (primary N) is 1. The Bertz CT molecular complexity index is 719. The Morgan fingerprint density at radius 2 is 2.04 bits per heavy atom. The Morgan fingerprint density at radius 1 is 1.31 bits per heavy atom. The van der Waals surface area contributed by atoms with Gasteiger partial charge >= 0.3 is 0 Å². The van der Waals surface area contributed by atoms with Crippen molar-refractivity contribution in [3.8, 4) is 0 Å². The van der Waals surface area contributed by atoms with Gasteiger partial charge in [0.15, 0.2) is 0 Å². The van der Waals surface area contributed by atoms with Gasteiger partial charge in [-0.25, -0.2) is 4.98 Å². The molecule has 1 amide bonds. The summed E-state index contributed by atoms with van der Waals surface area (Å²) in [5.74, 6) is 0.592. The summed E-state index contributed by atoms with van der Waals surface area (Å²) in [5, 5.41) is 3.06. The molecule has 1 atom stereocenters. The summed E-state index contributed by atoms with van der Waals surface area (Å²) in [6.07, 6.45) is 7.84. The molecule has 1 saturated carbocycles. The van der Waals surface area contributed by atoms with E-state index in [0.29, 0.717) is 17.8 Å². The second-order valence-electron chi connectivity index (χ2n) is 8.15. The van der Waals surface area contributed by atoms with Gasteiger partial charge in [0.1, 0.15) is 0 Å². The number of benzene rings is 1. The van der Waals surface area contributed by atoms with Gasteiger partial charge in [0, 0.05) is 25.7 Å². The third-order valence-electron chi connectivity index (χ3n) is 5.10. The molecule has 5 nitrogen and oxygen atoms in total. The first-order valence-electron chi connectivity index (χ1n) is 9.54. The lowest BCUT2D eigenvalue weighted by molar-refractivity contribution is -0.122. The number of nitrogens with zero attached hydrogens (tertiary/aromatic N) is 2. The average molecular weight is 354 g/mol. The van der Waals surface area contributed by atoms with Crippen molar-refractivity contribution in [3.05, 3.63) is 54.1 Å². The molecule has 3 rings (SSSR count). The van der Waals surface area contributed by atoms with Gasteiger partial charge in [-0.15, -0.1) is 0 Å². The van der Waals surface area contributed by atoms with Gasteiger partial charge in [0.05, 0.1) is 18.1 Å². The van der Waals surface area contributed by atoms with Crippen molar-refractivity contribution in [3.63, 3.8) is 0 Å². The molecule has 3 N–H and O–H groups in total. The number of carbonyl (C=O) groups is 1. The van der Waals surface area contributed by atoms with E-state index in [2.05, 4.69) is 36.3 Å². The van der Waals surface area contributed by atoms with Crippen LogP contribution in [0.15, 0.2) is 42.9 Å². The second kappa shape index (κ2) is 8.04. The van der Waals surface area contributed by atoms with E-state index < -0.39 is 6.04 Å². The summed E-state index contributed by atoms with van der Waals surface area (Å²) < 4.78 is 2.02. The molecule has 0 bridgehead atoms. The van der Waals surface area contributed by atoms with Crippen LogP contribution in [0, 0.1) is 11.3 Å². The summed E-state index contributed by atoms with van der Waals surface area (Å²) in [4.78, 5) is 16.7. The Balaban J connectivity index is 1.47. The lowest BCUT2D eigenvalue weighted by Crippen LogP contribution is -2.44. The molecule has 0 aliphatic heterocycles. The van der Waals surface area contributed by atoms with Crippen LogP contribution in [0.5, 0.6) is 0 Å². The first-order valence-corrected chi connectivity index (χ1v) is 9.54. The highest BCUT2D eigenvalue weighted by Crippen LogP contribution is 2.49. The molecule has 1 aliphatic rings. The van der Waals surface area contributed by atoms with Gasteiger partial charge in [-0.3, -0.25) is 4.79 Å². The molecule has 1 fully saturated rings. The zero-order chi connectivity index (χ0) is 18.6. The number of imidazole rings is 1. The van der Waals surface area contributed by atoms with Gasteiger partial charge in [0.25, 0.3) is 0 Å². The Morgan fingerprint density at radius 3 is 2.69 bits per heavy atom. The summed E-state index contributed by atoms with van der Waals surface area (Å²) in [7, 11) is 0. The zero-order valence-electron chi connectivity index (χ0n) is 15.8. The molecule has 0 saturated heterocycles. The predicted molar refractivity (Wildman–Crippen MR) is 104 cm³/mol. The first-order chi connectivity index (χ1) is 12.5. The molecule has 0 radical (unpaired) electrons. The fraction of sp³-hybridized carbons (Fsp3) is 0.524. The summed E-state index contributed by atoms with van der Waals surface area (Å²) in [6.45, 7) is 5.99. The van der Waals surface area contributed by atoms with Crippen LogP contribution < -0.4 is 11.1 Å². The van der Waals surface area contributed by atoms with Gasteiger partial charge in [-0.05, 0) is 36.2 Å². The lowest BCUT2D eigenvalue weighted by atomic mass is 9.94. The summed E-state index contributed by atoms with van der Waals surface area (Å²) in [6, 6.07) is 9.68. The number of carbonyl (C=O) groups excluding carboxylic acids is 1.